The van der Waals surface area contributed by atoms with Crippen LogP contribution in [-0.2, 0) is 10.0 Å². The zero-order valence-corrected chi connectivity index (χ0v) is 13.3. The summed E-state index contributed by atoms with van der Waals surface area (Å²) in [7, 11) is -4.11. The number of halogens is 4. The van der Waals surface area contributed by atoms with Crippen LogP contribution in [0.1, 0.15) is 5.56 Å². The second-order valence-corrected chi connectivity index (χ2v) is 7.38. The first-order valence-corrected chi connectivity index (χ1v) is 8.51. The van der Waals surface area contributed by atoms with E-state index in [1.807, 2.05) is 0 Å². The van der Waals surface area contributed by atoms with Gasteiger partial charge in [0.15, 0.2) is 0 Å². The van der Waals surface area contributed by atoms with Gasteiger partial charge in [-0.05, 0) is 54.6 Å². The van der Waals surface area contributed by atoms with Gasteiger partial charge in [0, 0.05) is 10.6 Å². The van der Waals surface area contributed by atoms with E-state index in [-0.39, 0.29) is 27.2 Å². The molecule has 0 aliphatic heterocycles. The van der Waals surface area contributed by atoms with Crippen molar-refractivity contribution in [2.24, 2.45) is 0 Å². The third-order valence-electron chi connectivity index (χ3n) is 2.76. The molecule has 0 saturated carbocycles. The molecular formula is C14H11F4NO2S2. The number of aryl methyl sites for hydroxylation is 1. The molecule has 0 bridgehead atoms. The molecule has 0 saturated heterocycles. The maximum Gasteiger partial charge on any atom is 0.446 e. The molecule has 0 heterocycles. The summed E-state index contributed by atoms with van der Waals surface area (Å²) in [5.74, 6) is -0.725. The summed E-state index contributed by atoms with van der Waals surface area (Å²) in [5, 5.41) is 0. The largest absolute Gasteiger partial charge is 0.446 e. The van der Waals surface area contributed by atoms with E-state index >= 15 is 0 Å². The summed E-state index contributed by atoms with van der Waals surface area (Å²) in [6.07, 6.45) is 0. The van der Waals surface area contributed by atoms with Crippen LogP contribution in [0.25, 0.3) is 0 Å². The summed E-state index contributed by atoms with van der Waals surface area (Å²) in [5.41, 5.74) is -4.20. The molecule has 1 N–H and O–H groups in total. The van der Waals surface area contributed by atoms with Gasteiger partial charge in [0.25, 0.3) is 10.0 Å². The molecule has 0 unspecified atom stereocenters. The van der Waals surface area contributed by atoms with Crippen molar-refractivity contribution in [3.8, 4) is 0 Å². The second kappa shape index (κ2) is 6.40. The summed E-state index contributed by atoms with van der Waals surface area (Å²) in [6.45, 7) is 1.49. The zero-order chi connectivity index (χ0) is 17.3. The van der Waals surface area contributed by atoms with E-state index in [1.54, 1.807) is 0 Å². The molecule has 0 aromatic heterocycles. The first-order chi connectivity index (χ1) is 10.6. The summed E-state index contributed by atoms with van der Waals surface area (Å²) in [6, 6.07) is 8.16. The predicted molar refractivity (Wildman–Crippen MR) is 80.3 cm³/mol. The number of benzene rings is 2. The maximum absolute atomic E-state index is 13.2. The predicted octanol–water partition coefficient (Wildman–Crippen LogP) is 4.55. The molecule has 0 atom stereocenters. The van der Waals surface area contributed by atoms with Gasteiger partial charge in [0.05, 0.1) is 4.90 Å². The number of thioether (sulfide) groups is 1. The average molecular weight is 365 g/mol. The van der Waals surface area contributed by atoms with Gasteiger partial charge in [-0.3, -0.25) is 4.72 Å². The van der Waals surface area contributed by atoms with Crippen molar-refractivity contribution in [3.05, 3.63) is 53.8 Å². The minimum Gasteiger partial charge on any atom is -0.280 e. The fourth-order valence-electron chi connectivity index (χ4n) is 1.83. The second-order valence-electron chi connectivity index (χ2n) is 4.59. The van der Waals surface area contributed by atoms with Crippen molar-refractivity contribution < 1.29 is 26.0 Å². The third kappa shape index (κ3) is 4.87. The summed E-state index contributed by atoms with van der Waals surface area (Å²) < 4.78 is 77.0. The first-order valence-electron chi connectivity index (χ1n) is 6.22. The number of anilines is 1. The van der Waals surface area contributed by atoms with E-state index in [0.717, 1.165) is 18.2 Å². The Labute approximate surface area is 134 Å². The van der Waals surface area contributed by atoms with Crippen LogP contribution >= 0.6 is 11.8 Å². The fourth-order valence-corrected chi connectivity index (χ4v) is 3.74. The van der Waals surface area contributed by atoms with E-state index in [1.165, 1.54) is 31.2 Å². The fraction of sp³-hybridized carbons (Fsp3) is 0.143. The highest BCUT2D eigenvalue weighted by Gasteiger charge is 2.29. The average Bonchev–Trinajstić information content (AvgIpc) is 2.39. The normalized spacial score (nSPS) is 12.2. The number of rotatable bonds is 4. The lowest BCUT2D eigenvalue weighted by Gasteiger charge is -2.12. The quantitative estimate of drug-likeness (QED) is 0.639. The third-order valence-corrected chi connectivity index (χ3v) is 5.00. The molecule has 0 aliphatic carbocycles. The van der Waals surface area contributed by atoms with Crippen molar-refractivity contribution in [2.45, 2.75) is 22.2 Å². The molecule has 2 aromatic rings. The summed E-state index contributed by atoms with van der Waals surface area (Å²) >= 11 is -0.353. The maximum atomic E-state index is 13.2. The van der Waals surface area contributed by atoms with Crippen molar-refractivity contribution in [1.29, 1.82) is 0 Å². The van der Waals surface area contributed by atoms with Gasteiger partial charge < -0.3 is 0 Å². The Bertz CT molecular complexity index is 820. The van der Waals surface area contributed by atoms with Crippen molar-refractivity contribution in [3.63, 3.8) is 0 Å². The van der Waals surface area contributed by atoms with Gasteiger partial charge in [-0.2, -0.15) is 13.2 Å². The van der Waals surface area contributed by atoms with Crippen LogP contribution in [0.15, 0.2) is 52.3 Å². The molecule has 2 aromatic carbocycles. The van der Waals surface area contributed by atoms with Gasteiger partial charge in [-0.25, -0.2) is 12.8 Å². The number of nitrogens with one attached hydrogen (secondary N) is 1. The zero-order valence-electron chi connectivity index (χ0n) is 11.7. The van der Waals surface area contributed by atoms with Crippen LogP contribution in [0.3, 0.4) is 0 Å². The molecule has 0 aliphatic rings. The van der Waals surface area contributed by atoms with E-state index < -0.39 is 21.3 Å². The Hall–Kier alpha value is -1.74. The first kappa shape index (κ1) is 17.6. The van der Waals surface area contributed by atoms with Crippen LogP contribution in [0.2, 0.25) is 0 Å². The lowest BCUT2D eigenvalue weighted by Crippen LogP contribution is -2.14. The van der Waals surface area contributed by atoms with Crippen molar-refractivity contribution in [2.75, 3.05) is 4.72 Å². The summed E-state index contributed by atoms with van der Waals surface area (Å²) in [4.78, 5) is -0.431. The van der Waals surface area contributed by atoms with Gasteiger partial charge in [0.1, 0.15) is 5.82 Å². The Balaban J connectivity index is 2.31. The standard InChI is InChI=1S/C14H11F4NO2S2/c1-9-5-6-10(15)7-13(9)23(20,21)19-11-3-2-4-12(8-11)22-14(16,17)18/h2-8,19H,1H3. The van der Waals surface area contributed by atoms with Crippen molar-refractivity contribution in [1.82, 2.24) is 0 Å². The molecule has 23 heavy (non-hydrogen) atoms. The lowest BCUT2D eigenvalue weighted by molar-refractivity contribution is -0.0328. The molecule has 0 spiro atoms. The molecule has 0 fully saturated rings. The van der Waals surface area contributed by atoms with Gasteiger partial charge in [-0.1, -0.05) is 12.1 Å². The van der Waals surface area contributed by atoms with Crippen molar-refractivity contribution >= 4 is 27.5 Å². The Morgan fingerprint density at radius 1 is 1.09 bits per heavy atom. The number of hydrogen-bond acceptors (Lipinski definition) is 3. The van der Waals surface area contributed by atoms with Crippen LogP contribution in [-0.4, -0.2) is 13.9 Å². The van der Waals surface area contributed by atoms with Crippen LogP contribution in [0.5, 0.6) is 0 Å². The van der Waals surface area contributed by atoms with Gasteiger partial charge >= 0.3 is 5.51 Å². The van der Waals surface area contributed by atoms with Gasteiger partial charge in [-0.15, -0.1) is 0 Å². The molecule has 9 heteroatoms. The molecule has 0 amide bonds. The van der Waals surface area contributed by atoms with E-state index in [2.05, 4.69) is 4.72 Å². The Morgan fingerprint density at radius 2 is 1.78 bits per heavy atom. The highest BCUT2D eigenvalue weighted by atomic mass is 32.2. The van der Waals surface area contributed by atoms with E-state index in [9.17, 15) is 26.0 Å². The monoisotopic (exact) mass is 365 g/mol. The van der Waals surface area contributed by atoms with E-state index in [4.69, 9.17) is 0 Å². The Morgan fingerprint density at radius 3 is 2.43 bits per heavy atom. The number of sulfonamides is 1. The number of alkyl halides is 3. The molecular weight excluding hydrogens is 354 g/mol. The molecule has 3 nitrogen and oxygen atoms in total. The highest BCUT2D eigenvalue weighted by Crippen LogP contribution is 2.37. The highest BCUT2D eigenvalue weighted by molar-refractivity contribution is 8.00. The minimum absolute atomic E-state index is 0.0390. The van der Waals surface area contributed by atoms with Crippen LogP contribution < -0.4 is 4.72 Å². The molecule has 0 radical (unpaired) electrons. The lowest BCUT2D eigenvalue weighted by atomic mass is 10.2. The molecule has 124 valence electrons. The Kier molecular flexibility index (Phi) is 4.90. The smallest absolute Gasteiger partial charge is 0.280 e. The topological polar surface area (TPSA) is 46.2 Å². The van der Waals surface area contributed by atoms with Crippen LogP contribution in [0, 0.1) is 12.7 Å². The van der Waals surface area contributed by atoms with E-state index in [0.29, 0.717) is 5.56 Å². The minimum atomic E-state index is -4.48. The SMILES string of the molecule is Cc1ccc(F)cc1S(=O)(=O)Nc1cccc(SC(F)(F)F)c1. The number of hydrogen-bond donors (Lipinski definition) is 1. The van der Waals surface area contributed by atoms with Gasteiger partial charge in [0.2, 0.25) is 0 Å². The molecule has 2 rings (SSSR count). The van der Waals surface area contributed by atoms with Crippen LogP contribution in [0.4, 0.5) is 23.2 Å².